The summed E-state index contributed by atoms with van der Waals surface area (Å²) in [6.07, 6.45) is 0.371. The zero-order chi connectivity index (χ0) is 15.1. The Morgan fingerprint density at radius 1 is 1.14 bits per heavy atom. The summed E-state index contributed by atoms with van der Waals surface area (Å²) in [5, 5.41) is 2.94. The van der Waals surface area contributed by atoms with Crippen LogP contribution in [0.5, 0.6) is 0 Å². The Labute approximate surface area is 128 Å². The van der Waals surface area contributed by atoms with Crippen LogP contribution in [0.25, 0.3) is 0 Å². The lowest BCUT2D eigenvalue weighted by Crippen LogP contribution is -2.13. The molecule has 0 aliphatic carbocycles. The van der Waals surface area contributed by atoms with E-state index in [0.717, 1.165) is 0 Å². The summed E-state index contributed by atoms with van der Waals surface area (Å²) in [5.74, 6) is 0.139. The first-order valence-corrected chi connectivity index (χ1v) is 7.92. The van der Waals surface area contributed by atoms with E-state index in [1.54, 1.807) is 30.0 Å². The lowest BCUT2D eigenvalue weighted by molar-refractivity contribution is -0.115. The van der Waals surface area contributed by atoms with E-state index in [1.807, 2.05) is 18.2 Å². The third-order valence-electron chi connectivity index (χ3n) is 3.11. The molecule has 21 heavy (non-hydrogen) atoms. The second kappa shape index (κ2) is 7.84. The van der Waals surface area contributed by atoms with Crippen molar-refractivity contribution >= 4 is 23.4 Å². The predicted octanol–water partition coefficient (Wildman–Crippen LogP) is 4.65. The Balaban J connectivity index is 1.76. The Kier molecular flexibility index (Phi) is 5.81. The number of halogens is 1. The van der Waals surface area contributed by atoms with Crippen molar-refractivity contribution in [2.75, 3.05) is 11.1 Å². The van der Waals surface area contributed by atoms with Crippen LogP contribution in [0.4, 0.5) is 10.1 Å². The van der Waals surface area contributed by atoms with Gasteiger partial charge >= 0.3 is 0 Å². The number of amides is 1. The molecular weight excluding hydrogens is 285 g/mol. The molecule has 2 aromatic carbocycles. The van der Waals surface area contributed by atoms with Gasteiger partial charge in [0.15, 0.2) is 0 Å². The molecule has 0 bridgehead atoms. The number of rotatable bonds is 6. The zero-order valence-corrected chi connectivity index (χ0v) is 12.7. The largest absolute Gasteiger partial charge is 0.324 e. The number of thioether (sulfide) groups is 1. The fourth-order valence-electron chi connectivity index (χ4n) is 1.92. The third kappa shape index (κ3) is 4.90. The Morgan fingerprint density at radius 2 is 1.81 bits per heavy atom. The highest BCUT2D eigenvalue weighted by molar-refractivity contribution is 7.99. The maximum absolute atomic E-state index is 13.4. The maximum Gasteiger partial charge on any atom is 0.225 e. The molecule has 0 aromatic heterocycles. The lowest BCUT2D eigenvalue weighted by atomic mass is 10.2. The van der Waals surface area contributed by atoms with Crippen molar-refractivity contribution in [3.8, 4) is 0 Å². The molecule has 2 aromatic rings. The van der Waals surface area contributed by atoms with Crippen molar-refractivity contribution in [3.05, 3.63) is 66.0 Å². The van der Waals surface area contributed by atoms with Gasteiger partial charge in [-0.25, -0.2) is 4.39 Å². The van der Waals surface area contributed by atoms with Gasteiger partial charge in [0.25, 0.3) is 0 Å². The molecular formula is C17H18FNOS. The number of hydrogen-bond acceptors (Lipinski definition) is 2. The minimum Gasteiger partial charge on any atom is -0.324 e. The Morgan fingerprint density at radius 3 is 2.52 bits per heavy atom. The van der Waals surface area contributed by atoms with Gasteiger partial charge in [0.2, 0.25) is 5.91 Å². The molecule has 1 amide bonds. The van der Waals surface area contributed by atoms with E-state index >= 15 is 0 Å². The van der Waals surface area contributed by atoms with Crippen molar-refractivity contribution in [1.29, 1.82) is 0 Å². The van der Waals surface area contributed by atoms with Crippen molar-refractivity contribution in [3.63, 3.8) is 0 Å². The van der Waals surface area contributed by atoms with E-state index < -0.39 is 5.82 Å². The lowest BCUT2D eigenvalue weighted by Gasteiger charge is -2.11. The molecule has 1 atom stereocenters. The van der Waals surface area contributed by atoms with Gasteiger partial charge in [-0.1, -0.05) is 42.5 Å². The van der Waals surface area contributed by atoms with Gasteiger partial charge in [0.05, 0.1) is 5.69 Å². The zero-order valence-electron chi connectivity index (χ0n) is 11.9. The number of anilines is 1. The number of nitrogens with one attached hydrogen (secondary N) is 1. The molecule has 0 fully saturated rings. The SMILES string of the molecule is C[C@@H](SCCC(=O)Nc1ccccc1F)c1ccccc1. The number of para-hydroxylation sites is 1. The Hall–Kier alpha value is -1.81. The molecule has 0 aliphatic heterocycles. The summed E-state index contributed by atoms with van der Waals surface area (Å²) < 4.78 is 13.4. The number of hydrogen-bond donors (Lipinski definition) is 1. The monoisotopic (exact) mass is 303 g/mol. The average Bonchev–Trinajstić information content (AvgIpc) is 2.50. The standard InChI is InChI=1S/C17H18FNOS/c1-13(14-7-3-2-4-8-14)21-12-11-17(20)19-16-10-6-5-9-15(16)18/h2-10,13H,11-12H2,1H3,(H,19,20)/t13-/m1/s1. The summed E-state index contributed by atoms with van der Waals surface area (Å²) in [7, 11) is 0. The Bertz CT molecular complexity index is 588. The minimum absolute atomic E-state index is 0.159. The highest BCUT2D eigenvalue weighted by Crippen LogP contribution is 2.28. The molecule has 2 rings (SSSR count). The molecule has 0 radical (unpaired) electrons. The first kappa shape index (κ1) is 15.6. The first-order valence-electron chi connectivity index (χ1n) is 6.88. The van der Waals surface area contributed by atoms with Crippen LogP contribution in [0.3, 0.4) is 0 Å². The van der Waals surface area contributed by atoms with E-state index in [0.29, 0.717) is 17.4 Å². The molecule has 1 N–H and O–H groups in total. The molecule has 0 saturated carbocycles. The summed E-state index contributed by atoms with van der Waals surface area (Å²) in [6.45, 7) is 2.12. The van der Waals surface area contributed by atoms with Crippen LogP contribution >= 0.6 is 11.8 Å². The van der Waals surface area contributed by atoms with E-state index in [9.17, 15) is 9.18 Å². The van der Waals surface area contributed by atoms with E-state index in [-0.39, 0.29) is 11.6 Å². The normalized spacial score (nSPS) is 11.9. The minimum atomic E-state index is -0.406. The topological polar surface area (TPSA) is 29.1 Å². The van der Waals surface area contributed by atoms with Gasteiger partial charge < -0.3 is 5.32 Å². The van der Waals surface area contributed by atoms with Gasteiger partial charge in [-0.05, 0) is 24.6 Å². The number of carbonyl (C=O) groups excluding carboxylic acids is 1. The highest BCUT2D eigenvalue weighted by atomic mass is 32.2. The fourth-order valence-corrected chi connectivity index (χ4v) is 2.93. The van der Waals surface area contributed by atoms with Crippen LogP contribution in [0.15, 0.2) is 54.6 Å². The van der Waals surface area contributed by atoms with Gasteiger partial charge in [-0.15, -0.1) is 0 Å². The van der Waals surface area contributed by atoms with Gasteiger partial charge in [0, 0.05) is 17.4 Å². The molecule has 0 aliphatic rings. The highest BCUT2D eigenvalue weighted by Gasteiger charge is 2.09. The summed E-state index contributed by atoms with van der Waals surface area (Å²) >= 11 is 1.72. The van der Waals surface area contributed by atoms with Crippen LogP contribution in [0.2, 0.25) is 0 Å². The predicted molar refractivity (Wildman–Crippen MR) is 87.0 cm³/mol. The average molecular weight is 303 g/mol. The summed E-state index contributed by atoms with van der Waals surface area (Å²) in [5.41, 5.74) is 1.49. The molecule has 0 heterocycles. The van der Waals surface area contributed by atoms with Crippen molar-refractivity contribution in [2.24, 2.45) is 0 Å². The van der Waals surface area contributed by atoms with Crippen LogP contribution in [-0.4, -0.2) is 11.7 Å². The van der Waals surface area contributed by atoms with Crippen LogP contribution in [0.1, 0.15) is 24.2 Å². The maximum atomic E-state index is 13.4. The molecule has 0 spiro atoms. The summed E-state index contributed by atoms with van der Waals surface area (Å²) in [6, 6.07) is 16.4. The van der Waals surface area contributed by atoms with Crippen LogP contribution in [-0.2, 0) is 4.79 Å². The van der Waals surface area contributed by atoms with Crippen LogP contribution < -0.4 is 5.32 Å². The molecule has 2 nitrogen and oxygen atoms in total. The van der Waals surface area contributed by atoms with Gasteiger partial charge in [0.1, 0.15) is 5.82 Å². The quantitative estimate of drug-likeness (QED) is 0.841. The summed E-state index contributed by atoms with van der Waals surface area (Å²) in [4.78, 5) is 11.8. The smallest absolute Gasteiger partial charge is 0.225 e. The third-order valence-corrected chi connectivity index (χ3v) is 4.33. The molecule has 4 heteroatoms. The van der Waals surface area contributed by atoms with Gasteiger partial charge in [-0.2, -0.15) is 11.8 Å². The van der Waals surface area contributed by atoms with Crippen molar-refractivity contribution in [2.45, 2.75) is 18.6 Å². The second-order valence-electron chi connectivity index (χ2n) is 4.70. The molecule has 0 saturated heterocycles. The van der Waals surface area contributed by atoms with Crippen LogP contribution in [0, 0.1) is 5.82 Å². The van der Waals surface area contributed by atoms with Crippen molar-refractivity contribution < 1.29 is 9.18 Å². The van der Waals surface area contributed by atoms with E-state index in [4.69, 9.17) is 0 Å². The fraction of sp³-hybridized carbons (Fsp3) is 0.235. The van der Waals surface area contributed by atoms with E-state index in [1.165, 1.54) is 11.6 Å². The number of carbonyl (C=O) groups is 1. The molecule has 0 unspecified atom stereocenters. The second-order valence-corrected chi connectivity index (χ2v) is 6.15. The van der Waals surface area contributed by atoms with E-state index in [2.05, 4.69) is 24.4 Å². The number of benzene rings is 2. The van der Waals surface area contributed by atoms with Crippen molar-refractivity contribution in [1.82, 2.24) is 0 Å². The van der Waals surface area contributed by atoms with Gasteiger partial charge in [-0.3, -0.25) is 4.79 Å². The molecule has 110 valence electrons. The first-order chi connectivity index (χ1) is 10.2.